The summed E-state index contributed by atoms with van der Waals surface area (Å²) in [7, 11) is 0. The zero-order valence-electron chi connectivity index (χ0n) is 11.9. The van der Waals surface area contributed by atoms with Gasteiger partial charge in [-0.3, -0.25) is 0 Å². The third kappa shape index (κ3) is 4.76. The van der Waals surface area contributed by atoms with E-state index in [0.29, 0.717) is 21.7 Å². The predicted molar refractivity (Wildman–Crippen MR) is 89.8 cm³/mol. The SMILES string of the molecule is CCCCCNc1ccnc(Nc2cccc(Cl)c2Cl)n1. The number of nitrogens with zero attached hydrogens (tertiary/aromatic N) is 2. The highest BCUT2D eigenvalue weighted by Crippen LogP contribution is 2.30. The maximum atomic E-state index is 6.14. The molecule has 1 heterocycles. The minimum atomic E-state index is 0.462. The maximum Gasteiger partial charge on any atom is 0.229 e. The molecule has 0 aliphatic carbocycles. The number of rotatable bonds is 7. The first-order valence-corrected chi connectivity index (χ1v) is 7.74. The fourth-order valence-corrected chi connectivity index (χ4v) is 2.18. The van der Waals surface area contributed by atoms with E-state index in [1.165, 1.54) is 12.8 Å². The van der Waals surface area contributed by atoms with Gasteiger partial charge in [0.25, 0.3) is 0 Å². The molecule has 0 bridgehead atoms. The molecule has 0 spiro atoms. The van der Waals surface area contributed by atoms with E-state index in [9.17, 15) is 0 Å². The molecule has 2 N–H and O–H groups in total. The summed E-state index contributed by atoms with van der Waals surface area (Å²) in [5.41, 5.74) is 0.687. The normalized spacial score (nSPS) is 10.4. The zero-order valence-corrected chi connectivity index (χ0v) is 13.4. The molecule has 6 heteroatoms. The number of hydrogen-bond donors (Lipinski definition) is 2. The largest absolute Gasteiger partial charge is 0.370 e. The van der Waals surface area contributed by atoms with Gasteiger partial charge in [0, 0.05) is 12.7 Å². The van der Waals surface area contributed by atoms with E-state index in [4.69, 9.17) is 23.2 Å². The lowest BCUT2D eigenvalue weighted by Gasteiger charge is -2.09. The van der Waals surface area contributed by atoms with E-state index in [1.54, 1.807) is 12.3 Å². The average Bonchev–Trinajstić information content (AvgIpc) is 2.49. The molecular formula is C15H18Cl2N4. The van der Waals surface area contributed by atoms with Crippen LogP contribution in [0.2, 0.25) is 10.0 Å². The molecule has 0 fully saturated rings. The summed E-state index contributed by atoms with van der Waals surface area (Å²) in [5, 5.41) is 7.32. The first kappa shape index (κ1) is 15.9. The Hall–Kier alpha value is -1.52. The topological polar surface area (TPSA) is 49.8 Å². The van der Waals surface area contributed by atoms with Crippen molar-refractivity contribution >= 4 is 40.7 Å². The lowest BCUT2D eigenvalue weighted by atomic mass is 10.2. The van der Waals surface area contributed by atoms with E-state index < -0.39 is 0 Å². The third-order valence-electron chi connectivity index (χ3n) is 2.94. The van der Waals surface area contributed by atoms with Gasteiger partial charge >= 0.3 is 0 Å². The number of hydrogen-bond acceptors (Lipinski definition) is 4. The Morgan fingerprint density at radius 2 is 2.00 bits per heavy atom. The molecule has 0 amide bonds. The summed E-state index contributed by atoms with van der Waals surface area (Å²) in [6, 6.07) is 7.24. The van der Waals surface area contributed by atoms with Crippen molar-refractivity contribution in [1.29, 1.82) is 0 Å². The van der Waals surface area contributed by atoms with Crippen molar-refractivity contribution in [2.45, 2.75) is 26.2 Å². The lowest BCUT2D eigenvalue weighted by Crippen LogP contribution is -2.05. The fraction of sp³-hybridized carbons (Fsp3) is 0.333. The van der Waals surface area contributed by atoms with E-state index in [1.807, 2.05) is 18.2 Å². The van der Waals surface area contributed by atoms with Crippen LogP contribution in [-0.2, 0) is 0 Å². The van der Waals surface area contributed by atoms with Crippen molar-refractivity contribution in [3.05, 3.63) is 40.5 Å². The van der Waals surface area contributed by atoms with Gasteiger partial charge in [-0.25, -0.2) is 4.98 Å². The molecular weight excluding hydrogens is 307 g/mol. The van der Waals surface area contributed by atoms with Crippen molar-refractivity contribution in [2.75, 3.05) is 17.2 Å². The van der Waals surface area contributed by atoms with Gasteiger partial charge in [-0.05, 0) is 24.6 Å². The molecule has 2 rings (SSSR count). The molecule has 0 aliphatic rings. The molecule has 2 aromatic rings. The molecule has 0 atom stereocenters. The molecule has 0 saturated heterocycles. The number of anilines is 3. The highest BCUT2D eigenvalue weighted by atomic mass is 35.5. The molecule has 0 saturated carbocycles. The maximum absolute atomic E-state index is 6.14. The Bertz CT molecular complexity index is 590. The second-order valence-corrected chi connectivity index (χ2v) is 5.41. The van der Waals surface area contributed by atoms with Gasteiger partial charge in [0.2, 0.25) is 5.95 Å². The van der Waals surface area contributed by atoms with Crippen LogP contribution in [-0.4, -0.2) is 16.5 Å². The van der Waals surface area contributed by atoms with Crippen LogP contribution in [0.1, 0.15) is 26.2 Å². The molecule has 0 radical (unpaired) electrons. The summed E-state index contributed by atoms with van der Waals surface area (Å²) < 4.78 is 0. The third-order valence-corrected chi connectivity index (χ3v) is 3.76. The first-order chi connectivity index (χ1) is 10.2. The van der Waals surface area contributed by atoms with Crippen LogP contribution >= 0.6 is 23.2 Å². The molecule has 1 aromatic carbocycles. The monoisotopic (exact) mass is 324 g/mol. The van der Waals surface area contributed by atoms with E-state index in [0.717, 1.165) is 18.8 Å². The summed E-state index contributed by atoms with van der Waals surface area (Å²) >= 11 is 12.1. The van der Waals surface area contributed by atoms with Crippen LogP contribution in [0.5, 0.6) is 0 Å². The van der Waals surface area contributed by atoms with Gasteiger partial charge in [0.05, 0.1) is 15.7 Å². The highest BCUT2D eigenvalue weighted by Gasteiger charge is 2.06. The average molecular weight is 325 g/mol. The van der Waals surface area contributed by atoms with Crippen LogP contribution in [0.4, 0.5) is 17.5 Å². The van der Waals surface area contributed by atoms with Gasteiger partial charge in [-0.2, -0.15) is 4.98 Å². The van der Waals surface area contributed by atoms with Crippen molar-refractivity contribution in [1.82, 2.24) is 9.97 Å². The fourth-order valence-electron chi connectivity index (χ4n) is 1.83. The second kappa shape index (κ2) is 8.05. The van der Waals surface area contributed by atoms with Crippen molar-refractivity contribution in [3.8, 4) is 0 Å². The molecule has 0 aliphatic heterocycles. The number of unbranched alkanes of at least 4 members (excludes halogenated alkanes) is 2. The molecule has 1 aromatic heterocycles. The number of aromatic nitrogens is 2. The minimum absolute atomic E-state index is 0.462. The smallest absolute Gasteiger partial charge is 0.229 e. The number of benzene rings is 1. The van der Waals surface area contributed by atoms with Gasteiger partial charge in [-0.15, -0.1) is 0 Å². The van der Waals surface area contributed by atoms with Gasteiger partial charge in [0.15, 0.2) is 0 Å². The Morgan fingerprint density at radius 3 is 2.81 bits per heavy atom. The van der Waals surface area contributed by atoms with Crippen molar-refractivity contribution in [2.24, 2.45) is 0 Å². The summed E-state index contributed by atoms with van der Waals surface area (Å²) in [6.07, 6.45) is 5.24. The van der Waals surface area contributed by atoms with Crippen LogP contribution in [0.15, 0.2) is 30.5 Å². The summed E-state index contributed by atoms with van der Waals surface area (Å²) in [6.45, 7) is 3.09. The standard InChI is InChI=1S/C15H18Cl2N4/c1-2-3-4-9-18-13-8-10-19-15(21-13)20-12-7-5-6-11(16)14(12)17/h5-8,10H,2-4,9H2,1H3,(H2,18,19,20,21). The van der Waals surface area contributed by atoms with Gasteiger partial charge < -0.3 is 10.6 Å². The second-order valence-electron chi connectivity index (χ2n) is 4.63. The van der Waals surface area contributed by atoms with E-state index in [-0.39, 0.29) is 0 Å². The van der Waals surface area contributed by atoms with Crippen molar-refractivity contribution < 1.29 is 0 Å². The first-order valence-electron chi connectivity index (χ1n) is 6.98. The lowest BCUT2D eigenvalue weighted by molar-refractivity contribution is 0.742. The minimum Gasteiger partial charge on any atom is -0.370 e. The van der Waals surface area contributed by atoms with E-state index >= 15 is 0 Å². The highest BCUT2D eigenvalue weighted by molar-refractivity contribution is 6.43. The predicted octanol–water partition coefficient (Wildman–Crippen LogP) is 5.13. The molecule has 0 unspecified atom stereocenters. The Morgan fingerprint density at radius 1 is 1.14 bits per heavy atom. The Kier molecular flexibility index (Phi) is 6.08. The van der Waals surface area contributed by atoms with Crippen LogP contribution in [0, 0.1) is 0 Å². The zero-order chi connectivity index (χ0) is 15.1. The van der Waals surface area contributed by atoms with Crippen LogP contribution in [0.3, 0.4) is 0 Å². The van der Waals surface area contributed by atoms with Gasteiger partial charge in [-0.1, -0.05) is 49.0 Å². The Labute approximate surface area is 134 Å². The molecule has 21 heavy (non-hydrogen) atoms. The van der Waals surface area contributed by atoms with Crippen LogP contribution < -0.4 is 10.6 Å². The van der Waals surface area contributed by atoms with Crippen LogP contribution in [0.25, 0.3) is 0 Å². The summed E-state index contributed by atoms with van der Waals surface area (Å²) in [5.74, 6) is 1.28. The quantitative estimate of drug-likeness (QED) is 0.693. The van der Waals surface area contributed by atoms with Gasteiger partial charge in [0.1, 0.15) is 5.82 Å². The number of halogens is 2. The summed E-state index contributed by atoms with van der Waals surface area (Å²) in [4.78, 5) is 8.59. The molecule has 112 valence electrons. The molecule has 4 nitrogen and oxygen atoms in total. The van der Waals surface area contributed by atoms with Crippen molar-refractivity contribution in [3.63, 3.8) is 0 Å². The Balaban J connectivity index is 2.02. The van der Waals surface area contributed by atoms with E-state index in [2.05, 4.69) is 27.5 Å². The number of nitrogens with one attached hydrogen (secondary N) is 2.